The number of nitrogens with zero attached hydrogens (tertiary/aromatic N) is 3. The standard InChI is InChI=1S/C17H18N4O/c22-14-4-1-3-13(11-14)21-16(12-6-9-18-10-7-12)20-15-5-2-8-19-17(15)21/h1-5,8,11-12,18,22H,6-7,9-10H2. The molecule has 3 aromatic rings. The average Bonchev–Trinajstić information content (AvgIpc) is 2.95. The van der Waals surface area contributed by atoms with E-state index < -0.39 is 0 Å². The van der Waals surface area contributed by atoms with Crippen molar-refractivity contribution < 1.29 is 5.11 Å². The quantitative estimate of drug-likeness (QED) is 0.762. The molecule has 112 valence electrons. The van der Waals surface area contributed by atoms with Gasteiger partial charge in [-0.05, 0) is 50.2 Å². The van der Waals surface area contributed by atoms with Crippen molar-refractivity contribution in [3.63, 3.8) is 0 Å². The van der Waals surface area contributed by atoms with Crippen molar-refractivity contribution in [1.29, 1.82) is 0 Å². The average molecular weight is 294 g/mol. The van der Waals surface area contributed by atoms with E-state index in [1.807, 2.05) is 24.3 Å². The topological polar surface area (TPSA) is 63.0 Å². The molecular weight excluding hydrogens is 276 g/mol. The van der Waals surface area contributed by atoms with Gasteiger partial charge in [0.25, 0.3) is 0 Å². The van der Waals surface area contributed by atoms with Crippen LogP contribution in [0.2, 0.25) is 0 Å². The Morgan fingerprint density at radius 1 is 1.14 bits per heavy atom. The van der Waals surface area contributed by atoms with Crippen LogP contribution in [0.15, 0.2) is 42.6 Å². The third-order valence-electron chi connectivity index (χ3n) is 4.23. The zero-order valence-electron chi connectivity index (χ0n) is 12.2. The summed E-state index contributed by atoms with van der Waals surface area (Å²) in [4.78, 5) is 9.34. The Bertz CT molecular complexity index is 805. The Hall–Kier alpha value is -2.40. The van der Waals surface area contributed by atoms with Gasteiger partial charge in [-0.3, -0.25) is 4.57 Å². The summed E-state index contributed by atoms with van der Waals surface area (Å²) in [6, 6.07) is 11.2. The normalized spacial score (nSPS) is 16.2. The van der Waals surface area contributed by atoms with Crippen molar-refractivity contribution in [2.75, 3.05) is 13.1 Å². The predicted molar refractivity (Wildman–Crippen MR) is 85.4 cm³/mol. The number of aromatic nitrogens is 3. The molecule has 0 spiro atoms. The Morgan fingerprint density at radius 3 is 2.82 bits per heavy atom. The van der Waals surface area contributed by atoms with Crippen LogP contribution in [0.3, 0.4) is 0 Å². The van der Waals surface area contributed by atoms with E-state index >= 15 is 0 Å². The fourth-order valence-corrected chi connectivity index (χ4v) is 3.17. The van der Waals surface area contributed by atoms with E-state index in [1.54, 1.807) is 18.3 Å². The molecule has 1 aliphatic rings. The molecule has 0 saturated carbocycles. The number of phenols is 1. The molecule has 1 aliphatic heterocycles. The van der Waals surface area contributed by atoms with Crippen LogP contribution >= 0.6 is 0 Å². The summed E-state index contributed by atoms with van der Waals surface area (Å²) in [5, 5.41) is 13.2. The minimum atomic E-state index is 0.256. The number of rotatable bonds is 2. The fraction of sp³-hybridized carbons (Fsp3) is 0.294. The van der Waals surface area contributed by atoms with Crippen LogP contribution in [0.25, 0.3) is 16.9 Å². The zero-order chi connectivity index (χ0) is 14.9. The lowest BCUT2D eigenvalue weighted by Gasteiger charge is -2.23. The first kappa shape index (κ1) is 13.3. The maximum absolute atomic E-state index is 9.82. The molecule has 1 fully saturated rings. The van der Waals surface area contributed by atoms with Crippen molar-refractivity contribution in [1.82, 2.24) is 19.9 Å². The summed E-state index contributed by atoms with van der Waals surface area (Å²) in [5.74, 6) is 1.71. The third kappa shape index (κ3) is 2.23. The molecule has 1 saturated heterocycles. The van der Waals surface area contributed by atoms with Crippen LogP contribution in [-0.2, 0) is 0 Å². The molecular formula is C17H18N4O. The maximum atomic E-state index is 9.82. The summed E-state index contributed by atoms with van der Waals surface area (Å²) in [6.07, 6.45) is 3.93. The largest absolute Gasteiger partial charge is 0.508 e. The van der Waals surface area contributed by atoms with E-state index in [9.17, 15) is 5.11 Å². The molecule has 5 heteroatoms. The molecule has 0 atom stereocenters. The molecule has 0 aliphatic carbocycles. The van der Waals surface area contributed by atoms with E-state index in [-0.39, 0.29) is 5.75 Å². The second-order valence-electron chi connectivity index (χ2n) is 5.70. The molecule has 3 heterocycles. The molecule has 4 rings (SSSR count). The Morgan fingerprint density at radius 2 is 2.00 bits per heavy atom. The van der Waals surface area contributed by atoms with Crippen LogP contribution in [0.5, 0.6) is 5.75 Å². The molecule has 0 unspecified atom stereocenters. The highest BCUT2D eigenvalue weighted by Gasteiger charge is 2.23. The number of benzene rings is 1. The number of hydrogen-bond donors (Lipinski definition) is 2. The van der Waals surface area contributed by atoms with Crippen LogP contribution < -0.4 is 5.32 Å². The monoisotopic (exact) mass is 294 g/mol. The number of phenolic OH excluding ortho intramolecular Hbond substituents is 1. The minimum absolute atomic E-state index is 0.256. The molecule has 2 N–H and O–H groups in total. The number of piperidine rings is 1. The van der Waals surface area contributed by atoms with Gasteiger partial charge in [0.1, 0.15) is 17.1 Å². The SMILES string of the molecule is Oc1cccc(-n2c(C3CCNCC3)nc3cccnc32)c1. The van der Waals surface area contributed by atoms with Crippen molar-refractivity contribution in [3.8, 4) is 11.4 Å². The van der Waals surface area contributed by atoms with Gasteiger partial charge in [-0.15, -0.1) is 0 Å². The van der Waals surface area contributed by atoms with Gasteiger partial charge in [0.15, 0.2) is 5.65 Å². The van der Waals surface area contributed by atoms with Gasteiger partial charge >= 0.3 is 0 Å². The number of pyridine rings is 1. The van der Waals surface area contributed by atoms with Crippen molar-refractivity contribution in [3.05, 3.63) is 48.4 Å². The van der Waals surface area contributed by atoms with Crippen LogP contribution in [0, 0.1) is 0 Å². The summed E-state index contributed by atoms with van der Waals surface area (Å²) in [7, 11) is 0. The second-order valence-corrected chi connectivity index (χ2v) is 5.70. The molecule has 1 aromatic carbocycles. The van der Waals surface area contributed by atoms with Crippen molar-refractivity contribution >= 4 is 11.2 Å². The van der Waals surface area contributed by atoms with Crippen molar-refractivity contribution in [2.45, 2.75) is 18.8 Å². The van der Waals surface area contributed by atoms with Gasteiger partial charge in [0, 0.05) is 18.2 Å². The molecule has 0 bridgehead atoms. The van der Waals surface area contributed by atoms with Gasteiger partial charge in [-0.2, -0.15) is 0 Å². The van der Waals surface area contributed by atoms with E-state index in [4.69, 9.17) is 4.98 Å². The first-order chi connectivity index (χ1) is 10.8. The first-order valence-corrected chi connectivity index (χ1v) is 7.66. The number of hydrogen-bond acceptors (Lipinski definition) is 4. The van der Waals surface area contributed by atoms with Gasteiger partial charge in [-0.25, -0.2) is 9.97 Å². The van der Waals surface area contributed by atoms with Gasteiger partial charge in [-0.1, -0.05) is 6.07 Å². The van der Waals surface area contributed by atoms with E-state index in [2.05, 4.69) is 14.9 Å². The molecule has 22 heavy (non-hydrogen) atoms. The predicted octanol–water partition coefficient (Wildman–Crippen LogP) is 2.59. The van der Waals surface area contributed by atoms with E-state index in [0.717, 1.165) is 48.6 Å². The third-order valence-corrected chi connectivity index (χ3v) is 4.23. The molecule has 0 radical (unpaired) electrons. The lowest BCUT2D eigenvalue weighted by molar-refractivity contribution is 0.442. The fourth-order valence-electron chi connectivity index (χ4n) is 3.17. The van der Waals surface area contributed by atoms with E-state index in [0.29, 0.717) is 5.92 Å². The van der Waals surface area contributed by atoms with Crippen molar-refractivity contribution in [2.24, 2.45) is 0 Å². The minimum Gasteiger partial charge on any atom is -0.508 e. The lowest BCUT2D eigenvalue weighted by atomic mass is 9.97. The van der Waals surface area contributed by atoms with Crippen LogP contribution in [0.1, 0.15) is 24.6 Å². The lowest BCUT2D eigenvalue weighted by Crippen LogP contribution is -2.28. The zero-order valence-corrected chi connectivity index (χ0v) is 12.2. The van der Waals surface area contributed by atoms with Gasteiger partial charge < -0.3 is 10.4 Å². The molecule has 0 amide bonds. The van der Waals surface area contributed by atoms with Gasteiger partial charge in [0.2, 0.25) is 0 Å². The highest BCUT2D eigenvalue weighted by Crippen LogP contribution is 2.30. The summed E-state index contributed by atoms with van der Waals surface area (Å²) in [5.41, 5.74) is 2.66. The smallest absolute Gasteiger partial charge is 0.164 e. The Labute approximate surface area is 128 Å². The Balaban J connectivity index is 1.93. The van der Waals surface area contributed by atoms with Crippen LogP contribution in [-0.4, -0.2) is 32.7 Å². The summed E-state index contributed by atoms with van der Waals surface area (Å²) >= 11 is 0. The van der Waals surface area contributed by atoms with Gasteiger partial charge in [0.05, 0.1) is 5.69 Å². The number of imidazole rings is 1. The number of fused-ring (bicyclic) bond motifs is 1. The highest BCUT2D eigenvalue weighted by atomic mass is 16.3. The number of nitrogens with one attached hydrogen (secondary N) is 1. The number of aromatic hydroxyl groups is 1. The Kier molecular flexibility index (Phi) is 3.27. The summed E-state index contributed by atoms with van der Waals surface area (Å²) < 4.78 is 2.09. The van der Waals surface area contributed by atoms with Crippen LogP contribution in [0.4, 0.5) is 0 Å². The maximum Gasteiger partial charge on any atom is 0.164 e. The first-order valence-electron chi connectivity index (χ1n) is 7.66. The molecule has 2 aromatic heterocycles. The van der Waals surface area contributed by atoms with E-state index in [1.165, 1.54) is 0 Å². The second kappa shape index (κ2) is 5.42. The molecule has 5 nitrogen and oxygen atoms in total. The summed E-state index contributed by atoms with van der Waals surface area (Å²) in [6.45, 7) is 2.03. The highest BCUT2D eigenvalue weighted by molar-refractivity contribution is 5.74.